The summed E-state index contributed by atoms with van der Waals surface area (Å²) in [6.07, 6.45) is 0.669. The van der Waals surface area contributed by atoms with Crippen LogP contribution in [0.25, 0.3) is 0 Å². The second-order valence-corrected chi connectivity index (χ2v) is 10.4. The minimum Gasteiger partial charge on any atom is -0.493 e. The minimum atomic E-state index is -0.648. The van der Waals surface area contributed by atoms with Gasteiger partial charge in [-0.3, -0.25) is 14.6 Å². The van der Waals surface area contributed by atoms with Gasteiger partial charge in [-0.15, -0.1) is 0 Å². The summed E-state index contributed by atoms with van der Waals surface area (Å²) in [5.41, 5.74) is 3.48. The lowest BCUT2D eigenvalue weighted by Crippen LogP contribution is -2.57. The zero-order chi connectivity index (χ0) is 26.2. The molecular weight excluding hydrogens is 460 g/mol. The van der Waals surface area contributed by atoms with Crippen LogP contribution in [0.4, 0.5) is 4.79 Å². The van der Waals surface area contributed by atoms with Crippen molar-refractivity contribution in [3.05, 3.63) is 58.7 Å². The fourth-order valence-corrected chi connectivity index (χ4v) is 5.44. The molecule has 0 bridgehead atoms. The van der Waals surface area contributed by atoms with Crippen molar-refractivity contribution in [2.45, 2.75) is 63.9 Å². The SMILES string of the molecule is COC(=O)[C@@H]1Cc2ccc(OC)c(OC)c2[C@H]([C@H]2Cc3ccccc3CN2C(=O)OC(C)(C)C)N1C. The number of amides is 1. The summed E-state index contributed by atoms with van der Waals surface area (Å²) < 4.78 is 22.5. The molecular formula is C28H36N2O6. The molecule has 0 spiro atoms. The number of methoxy groups -OCH3 is 3. The van der Waals surface area contributed by atoms with E-state index in [-0.39, 0.29) is 24.1 Å². The largest absolute Gasteiger partial charge is 0.493 e. The summed E-state index contributed by atoms with van der Waals surface area (Å²) in [6.45, 7) is 5.99. The Balaban J connectivity index is 1.90. The first kappa shape index (κ1) is 25.8. The fourth-order valence-electron chi connectivity index (χ4n) is 5.44. The molecule has 0 saturated heterocycles. The number of fused-ring (bicyclic) bond motifs is 2. The number of carbonyl (C=O) groups is 2. The predicted molar refractivity (Wildman–Crippen MR) is 135 cm³/mol. The second kappa shape index (κ2) is 10.0. The van der Waals surface area contributed by atoms with Crippen molar-refractivity contribution < 1.29 is 28.5 Å². The van der Waals surface area contributed by atoms with Gasteiger partial charge in [-0.2, -0.15) is 0 Å². The van der Waals surface area contributed by atoms with Gasteiger partial charge in [0.15, 0.2) is 11.5 Å². The number of esters is 1. The Bertz CT molecular complexity index is 1140. The second-order valence-electron chi connectivity index (χ2n) is 10.4. The Hall–Kier alpha value is -3.26. The standard InChI is InChI=1S/C28H36N2O6/c1-28(2,3)36-27(32)30-16-19-11-9-8-10-17(19)14-20(30)24-23-18(12-13-22(33-5)25(23)34-6)15-21(29(24)4)26(31)35-7/h8-13,20-21,24H,14-16H2,1-7H3/t20-,21+,24+/m1/s1. The van der Waals surface area contributed by atoms with Crippen LogP contribution in [0, 0.1) is 0 Å². The zero-order valence-corrected chi connectivity index (χ0v) is 22.2. The van der Waals surface area contributed by atoms with Gasteiger partial charge < -0.3 is 18.9 Å². The maximum atomic E-state index is 13.6. The first-order chi connectivity index (χ1) is 17.1. The van der Waals surface area contributed by atoms with Gasteiger partial charge in [-0.05, 0) is 63.4 Å². The highest BCUT2D eigenvalue weighted by Crippen LogP contribution is 2.47. The van der Waals surface area contributed by atoms with Crippen LogP contribution in [0.3, 0.4) is 0 Å². The third-order valence-corrected chi connectivity index (χ3v) is 7.07. The summed E-state index contributed by atoms with van der Waals surface area (Å²) >= 11 is 0. The Kier molecular flexibility index (Phi) is 7.18. The van der Waals surface area contributed by atoms with Crippen molar-refractivity contribution in [1.29, 1.82) is 0 Å². The number of benzene rings is 2. The van der Waals surface area contributed by atoms with E-state index in [1.807, 2.05) is 63.1 Å². The molecule has 194 valence electrons. The molecule has 3 atom stereocenters. The maximum absolute atomic E-state index is 13.6. The van der Waals surface area contributed by atoms with Crippen molar-refractivity contribution in [1.82, 2.24) is 9.80 Å². The number of hydrogen-bond acceptors (Lipinski definition) is 7. The number of likely N-dealkylation sites (N-methyl/N-ethyl adjacent to an activating group) is 1. The molecule has 8 heteroatoms. The first-order valence-electron chi connectivity index (χ1n) is 12.2. The van der Waals surface area contributed by atoms with Crippen LogP contribution in [-0.2, 0) is 33.7 Å². The van der Waals surface area contributed by atoms with Crippen molar-refractivity contribution in [2.75, 3.05) is 28.4 Å². The number of rotatable bonds is 4. The maximum Gasteiger partial charge on any atom is 0.410 e. The van der Waals surface area contributed by atoms with Crippen LogP contribution in [0.5, 0.6) is 11.5 Å². The molecule has 1 amide bonds. The highest BCUT2D eigenvalue weighted by Gasteiger charge is 2.47. The van der Waals surface area contributed by atoms with Gasteiger partial charge >= 0.3 is 12.1 Å². The van der Waals surface area contributed by atoms with Crippen molar-refractivity contribution >= 4 is 12.1 Å². The van der Waals surface area contributed by atoms with Gasteiger partial charge in [-0.1, -0.05) is 30.3 Å². The van der Waals surface area contributed by atoms with Crippen LogP contribution in [0.1, 0.15) is 49.1 Å². The third kappa shape index (κ3) is 4.74. The summed E-state index contributed by atoms with van der Waals surface area (Å²) in [7, 11) is 6.53. The van der Waals surface area contributed by atoms with Crippen LogP contribution in [0.15, 0.2) is 36.4 Å². The Morgan fingerprint density at radius 2 is 1.61 bits per heavy atom. The molecule has 0 saturated carbocycles. The van der Waals surface area contributed by atoms with Crippen LogP contribution >= 0.6 is 0 Å². The molecule has 8 nitrogen and oxygen atoms in total. The molecule has 4 rings (SSSR count). The monoisotopic (exact) mass is 496 g/mol. The lowest BCUT2D eigenvalue weighted by Gasteiger charge is -2.48. The van der Waals surface area contributed by atoms with Gasteiger partial charge in [0.05, 0.1) is 33.4 Å². The van der Waals surface area contributed by atoms with E-state index in [2.05, 4.69) is 6.07 Å². The Morgan fingerprint density at radius 1 is 0.917 bits per heavy atom. The quantitative estimate of drug-likeness (QED) is 0.589. The van der Waals surface area contributed by atoms with Crippen molar-refractivity contribution in [3.8, 4) is 11.5 Å². The number of nitrogens with zero attached hydrogens (tertiary/aromatic N) is 2. The summed E-state index contributed by atoms with van der Waals surface area (Å²) in [5.74, 6) is 0.896. The van der Waals surface area contributed by atoms with Crippen LogP contribution in [-0.4, -0.2) is 67.9 Å². The van der Waals surface area contributed by atoms with E-state index in [1.165, 1.54) is 12.7 Å². The lowest BCUT2D eigenvalue weighted by molar-refractivity contribution is -0.148. The Labute approximate surface area is 213 Å². The summed E-state index contributed by atoms with van der Waals surface area (Å²) in [5, 5.41) is 0. The molecule has 0 radical (unpaired) electrons. The highest BCUT2D eigenvalue weighted by atomic mass is 16.6. The van der Waals surface area contributed by atoms with Crippen molar-refractivity contribution in [2.24, 2.45) is 0 Å². The van der Waals surface area contributed by atoms with E-state index < -0.39 is 11.6 Å². The predicted octanol–water partition coefficient (Wildman–Crippen LogP) is 4.14. The first-order valence-corrected chi connectivity index (χ1v) is 12.2. The lowest BCUT2D eigenvalue weighted by atomic mass is 9.80. The van der Waals surface area contributed by atoms with E-state index in [0.717, 1.165) is 16.7 Å². The van der Waals surface area contributed by atoms with Gasteiger partial charge in [0.25, 0.3) is 0 Å². The molecule has 0 fully saturated rings. The van der Waals surface area contributed by atoms with E-state index in [0.29, 0.717) is 30.9 Å². The topological polar surface area (TPSA) is 77.5 Å². The van der Waals surface area contributed by atoms with Gasteiger partial charge in [-0.25, -0.2) is 4.79 Å². The zero-order valence-electron chi connectivity index (χ0n) is 22.2. The molecule has 0 aliphatic carbocycles. The fraction of sp³-hybridized carbons (Fsp3) is 0.500. The average molecular weight is 497 g/mol. The number of carbonyl (C=O) groups excluding carboxylic acids is 2. The Morgan fingerprint density at radius 3 is 2.22 bits per heavy atom. The van der Waals surface area contributed by atoms with Gasteiger partial charge in [0, 0.05) is 12.1 Å². The van der Waals surface area contributed by atoms with Gasteiger partial charge in [0.1, 0.15) is 11.6 Å². The molecule has 2 aromatic carbocycles. The highest BCUT2D eigenvalue weighted by molar-refractivity contribution is 5.77. The van der Waals surface area contributed by atoms with E-state index in [4.69, 9.17) is 18.9 Å². The van der Waals surface area contributed by atoms with E-state index in [9.17, 15) is 9.59 Å². The molecule has 2 heterocycles. The van der Waals surface area contributed by atoms with E-state index >= 15 is 0 Å². The molecule has 36 heavy (non-hydrogen) atoms. The molecule has 0 unspecified atom stereocenters. The summed E-state index contributed by atoms with van der Waals surface area (Å²) in [6, 6.07) is 10.8. The smallest absolute Gasteiger partial charge is 0.410 e. The van der Waals surface area contributed by atoms with E-state index in [1.54, 1.807) is 19.1 Å². The normalized spacial score (nSPS) is 21.8. The van der Waals surface area contributed by atoms with Crippen LogP contribution < -0.4 is 9.47 Å². The van der Waals surface area contributed by atoms with Crippen molar-refractivity contribution in [3.63, 3.8) is 0 Å². The number of hydrogen-bond donors (Lipinski definition) is 0. The molecule has 2 aliphatic rings. The molecule has 2 aliphatic heterocycles. The molecule has 0 N–H and O–H groups in total. The third-order valence-electron chi connectivity index (χ3n) is 7.07. The molecule has 0 aromatic heterocycles. The van der Waals surface area contributed by atoms with Crippen LogP contribution in [0.2, 0.25) is 0 Å². The average Bonchev–Trinajstić information content (AvgIpc) is 2.85. The molecule has 2 aromatic rings. The number of ether oxygens (including phenoxy) is 4. The van der Waals surface area contributed by atoms with Gasteiger partial charge in [0.2, 0.25) is 0 Å². The summed E-state index contributed by atoms with van der Waals surface area (Å²) in [4.78, 5) is 30.2. The minimum absolute atomic E-state index is 0.317.